The van der Waals surface area contributed by atoms with Crippen molar-refractivity contribution < 1.29 is 29.3 Å². The fraction of sp³-hybridized carbons (Fsp3) is 0.471. The number of fused-ring (bicyclic) bond motifs is 1. The molecule has 2 unspecified atom stereocenters. The van der Waals surface area contributed by atoms with Crippen LogP contribution in [0.15, 0.2) is 12.1 Å². The van der Waals surface area contributed by atoms with E-state index in [4.69, 9.17) is 4.74 Å². The number of phenolic OH excluding ortho intramolecular Hbond substituents is 1. The van der Waals surface area contributed by atoms with Gasteiger partial charge in [-0.2, -0.15) is 0 Å². The minimum Gasteiger partial charge on any atom is -0.508 e. The van der Waals surface area contributed by atoms with Crippen molar-refractivity contribution in [1.29, 1.82) is 0 Å². The van der Waals surface area contributed by atoms with Crippen molar-refractivity contribution in [3.63, 3.8) is 0 Å². The molecule has 1 aromatic rings. The van der Waals surface area contributed by atoms with E-state index in [1.54, 1.807) is 13.0 Å². The second-order valence-electron chi connectivity index (χ2n) is 6.01. The second-order valence-corrected chi connectivity index (χ2v) is 7.21. The largest absolute Gasteiger partial charge is 0.508 e. The number of thioether (sulfide) groups is 1. The van der Waals surface area contributed by atoms with E-state index in [-0.39, 0.29) is 29.7 Å². The van der Waals surface area contributed by atoms with Gasteiger partial charge in [0.2, 0.25) is 5.91 Å². The third-order valence-electron chi connectivity index (χ3n) is 4.17. The van der Waals surface area contributed by atoms with Gasteiger partial charge in [-0.1, -0.05) is 18.7 Å². The lowest BCUT2D eigenvalue weighted by atomic mass is 9.92. The summed E-state index contributed by atoms with van der Waals surface area (Å²) in [4.78, 5) is 36.8. The SMILES string of the molecule is COc1cc(O)c2c(c1)CN(C(=O)C(C)CSC(C)=O)C(C(=O)O)C2. The molecule has 2 N–H and O–H groups in total. The highest BCUT2D eigenvalue weighted by molar-refractivity contribution is 8.13. The number of rotatable bonds is 5. The number of aromatic hydroxyl groups is 1. The highest BCUT2D eigenvalue weighted by Gasteiger charge is 2.37. The molecule has 0 fully saturated rings. The topological polar surface area (TPSA) is 104 Å². The standard InChI is InChI=1S/C17H21NO6S/c1-9(8-25-10(2)19)16(21)18-7-11-4-12(24-3)5-15(20)13(11)6-14(18)17(22)23/h4-5,9,14,20H,6-8H2,1-3H3,(H,22,23). The van der Waals surface area contributed by atoms with Gasteiger partial charge in [0.1, 0.15) is 17.5 Å². The molecule has 1 aromatic carbocycles. The van der Waals surface area contributed by atoms with Gasteiger partial charge < -0.3 is 19.8 Å². The van der Waals surface area contributed by atoms with E-state index in [1.165, 1.54) is 25.0 Å². The normalized spacial score (nSPS) is 17.6. The molecule has 0 radical (unpaired) electrons. The number of carbonyl (C=O) groups excluding carboxylic acids is 2. The van der Waals surface area contributed by atoms with Gasteiger partial charge in [-0.3, -0.25) is 9.59 Å². The van der Waals surface area contributed by atoms with Crippen LogP contribution in [0.1, 0.15) is 25.0 Å². The van der Waals surface area contributed by atoms with Crippen LogP contribution in [0.5, 0.6) is 11.5 Å². The quantitative estimate of drug-likeness (QED) is 0.815. The Balaban J connectivity index is 2.30. The fourth-order valence-corrected chi connectivity index (χ4v) is 3.45. The number of benzene rings is 1. The number of ether oxygens (including phenoxy) is 1. The van der Waals surface area contributed by atoms with Gasteiger partial charge in [0.15, 0.2) is 5.12 Å². The predicted molar refractivity (Wildman–Crippen MR) is 92.6 cm³/mol. The van der Waals surface area contributed by atoms with Gasteiger partial charge in [-0.05, 0) is 11.6 Å². The van der Waals surface area contributed by atoms with Crippen LogP contribution in [0, 0.1) is 5.92 Å². The smallest absolute Gasteiger partial charge is 0.326 e. The van der Waals surface area contributed by atoms with Crippen molar-refractivity contribution in [3.8, 4) is 11.5 Å². The average Bonchev–Trinajstić information content (AvgIpc) is 2.57. The molecule has 136 valence electrons. The molecule has 0 aromatic heterocycles. The van der Waals surface area contributed by atoms with Crippen molar-refractivity contribution in [1.82, 2.24) is 4.90 Å². The highest BCUT2D eigenvalue weighted by Crippen LogP contribution is 2.35. The van der Waals surface area contributed by atoms with Crippen molar-refractivity contribution in [3.05, 3.63) is 23.3 Å². The number of amides is 1. The molecule has 7 nitrogen and oxygen atoms in total. The molecule has 0 aliphatic carbocycles. The second kappa shape index (κ2) is 7.77. The zero-order valence-corrected chi connectivity index (χ0v) is 15.1. The average molecular weight is 367 g/mol. The molecule has 0 spiro atoms. The third-order valence-corrected chi connectivity index (χ3v) is 5.24. The van der Waals surface area contributed by atoms with Crippen LogP contribution in [-0.2, 0) is 27.3 Å². The summed E-state index contributed by atoms with van der Waals surface area (Å²) in [5, 5.41) is 19.6. The van der Waals surface area contributed by atoms with E-state index in [0.717, 1.165) is 11.8 Å². The Morgan fingerprint density at radius 1 is 1.40 bits per heavy atom. The molecule has 1 amide bonds. The van der Waals surface area contributed by atoms with Crippen molar-refractivity contribution in [2.45, 2.75) is 32.9 Å². The molecule has 1 heterocycles. The summed E-state index contributed by atoms with van der Waals surface area (Å²) in [5.74, 6) is -1.23. The first-order valence-corrected chi connectivity index (χ1v) is 8.78. The first kappa shape index (κ1) is 19.1. The molecule has 0 saturated carbocycles. The molecular formula is C17H21NO6S. The number of phenols is 1. The summed E-state index contributed by atoms with van der Waals surface area (Å²) in [6.45, 7) is 3.18. The Morgan fingerprint density at radius 2 is 2.08 bits per heavy atom. The number of methoxy groups -OCH3 is 1. The van der Waals surface area contributed by atoms with Crippen LogP contribution in [0.2, 0.25) is 0 Å². The van der Waals surface area contributed by atoms with Crippen LogP contribution >= 0.6 is 11.8 Å². The monoisotopic (exact) mass is 367 g/mol. The molecule has 2 atom stereocenters. The van der Waals surface area contributed by atoms with E-state index in [0.29, 0.717) is 22.6 Å². The molecule has 1 aliphatic heterocycles. The summed E-state index contributed by atoms with van der Waals surface area (Å²) < 4.78 is 5.12. The van der Waals surface area contributed by atoms with Crippen molar-refractivity contribution in [2.24, 2.45) is 5.92 Å². The number of carboxylic acid groups (broad SMARTS) is 1. The fourth-order valence-electron chi connectivity index (χ4n) is 2.83. The first-order valence-electron chi connectivity index (χ1n) is 7.80. The molecular weight excluding hydrogens is 346 g/mol. The van der Waals surface area contributed by atoms with Crippen molar-refractivity contribution in [2.75, 3.05) is 12.9 Å². The minimum atomic E-state index is -1.12. The number of hydrogen-bond acceptors (Lipinski definition) is 6. The van der Waals surface area contributed by atoms with E-state index < -0.39 is 17.9 Å². The zero-order chi connectivity index (χ0) is 18.7. The van der Waals surface area contributed by atoms with E-state index in [1.807, 2.05) is 0 Å². The molecule has 0 saturated heterocycles. The lowest BCUT2D eigenvalue weighted by Gasteiger charge is -2.36. The molecule has 1 aliphatic rings. The lowest BCUT2D eigenvalue weighted by molar-refractivity contribution is -0.152. The van der Waals surface area contributed by atoms with Crippen LogP contribution in [0.25, 0.3) is 0 Å². The molecule has 2 rings (SSSR count). The Kier molecular flexibility index (Phi) is 5.94. The summed E-state index contributed by atoms with van der Waals surface area (Å²) >= 11 is 1.04. The summed E-state index contributed by atoms with van der Waals surface area (Å²) in [6.07, 6.45) is 0.0266. The van der Waals surface area contributed by atoms with Crippen molar-refractivity contribution >= 4 is 28.8 Å². The number of nitrogens with zero attached hydrogens (tertiary/aromatic N) is 1. The lowest BCUT2D eigenvalue weighted by Crippen LogP contribution is -2.50. The first-order chi connectivity index (χ1) is 11.7. The predicted octanol–water partition coefficient (Wildman–Crippen LogP) is 1.65. The Bertz CT molecular complexity index is 705. The highest BCUT2D eigenvalue weighted by atomic mass is 32.2. The maximum Gasteiger partial charge on any atom is 0.326 e. The van der Waals surface area contributed by atoms with Crippen LogP contribution in [0.4, 0.5) is 0 Å². The summed E-state index contributed by atoms with van der Waals surface area (Å²) in [5.41, 5.74) is 1.18. The van der Waals surface area contributed by atoms with Crippen LogP contribution in [0.3, 0.4) is 0 Å². The third kappa shape index (κ3) is 4.25. The van der Waals surface area contributed by atoms with Crippen LogP contribution < -0.4 is 4.74 Å². The van der Waals surface area contributed by atoms with Gasteiger partial charge in [0.25, 0.3) is 0 Å². The zero-order valence-electron chi connectivity index (χ0n) is 14.3. The van der Waals surface area contributed by atoms with E-state index in [2.05, 4.69) is 0 Å². The Hall–Kier alpha value is -2.22. The van der Waals surface area contributed by atoms with Gasteiger partial charge in [-0.15, -0.1) is 0 Å². The van der Waals surface area contributed by atoms with Gasteiger partial charge in [0.05, 0.1) is 7.11 Å². The van der Waals surface area contributed by atoms with Crippen LogP contribution in [-0.4, -0.2) is 51.0 Å². The van der Waals surface area contributed by atoms with Gasteiger partial charge in [0, 0.05) is 43.2 Å². The maximum atomic E-state index is 12.7. The van der Waals surface area contributed by atoms with Gasteiger partial charge >= 0.3 is 5.97 Å². The number of carboxylic acids is 1. The summed E-state index contributed by atoms with van der Waals surface area (Å²) in [7, 11) is 1.47. The molecule has 0 bridgehead atoms. The Morgan fingerprint density at radius 3 is 2.64 bits per heavy atom. The summed E-state index contributed by atoms with van der Waals surface area (Å²) in [6, 6.07) is 2.08. The number of carbonyl (C=O) groups is 3. The minimum absolute atomic E-state index is 0.0266. The number of hydrogen-bond donors (Lipinski definition) is 2. The van der Waals surface area contributed by atoms with E-state index >= 15 is 0 Å². The maximum absolute atomic E-state index is 12.7. The van der Waals surface area contributed by atoms with Gasteiger partial charge in [-0.25, -0.2) is 4.79 Å². The number of aliphatic carboxylic acids is 1. The Labute approximate surface area is 150 Å². The molecule has 8 heteroatoms. The van der Waals surface area contributed by atoms with E-state index in [9.17, 15) is 24.6 Å². The molecule has 25 heavy (non-hydrogen) atoms.